The molecule has 7 nitrogen and oxygen atoms in total. The summed E-state index contributed by atoms with van der Waals surface area (Å²) in [4.78, 5) is 43.5. The van der Waals surface area contributed by atoms with Crippen LogP contribution in [0, 0.1) is 0 Å². The zero-order valence-corrected chi connectivity index (χ0v) is 16.0. The number of ether oxygens (including phenoxy) is 1. The van der Waals surface area contributed by atoms with Crippen LogP contribution in [0.4, 0.5) is 5.69 Å². The Morgan fingerprint density at radius 3 is 2.55 bits per heavy atom. The summed E-state index contributed by atoms with van der Waals surface area (Å²) in [6.45, 7) is 0.359. The number of fused-ring (bicyclic) bond motifs is 5. The minimum absolute atomic E-state index is 0.0803. The van der Waals surface area contributed by atoms with Crippen LogP contribution in [-0.4, -0.2) is 44.0 Å². The fourth-order valence-corrected chi connectivity index (χ4v) is 4.52. The van der Waals surface area contributed by atoms with E-state index in [4.69, 9.17) is 9.15 Å². The first-order valence-corrected chi connectivity index (χ1v) is 9.28. The van der Waals surface area contributed by atoms with Crippen molar-refractivity contribution in [1.82, 2.24) is 4.90 Å². The molecule has 0 N–H and O–H groups in total. The molecule has 2 aromatic carbocycles. The van der Waals surface area contributed by atoms with Crippen molar-refractivity contribution in [3.05, 3.63) is 75.6 Å². The summed E-state index contributed by atoms with van der Waals surface area (Å²) in [6.07, 6.45) is 0. The Morgan fingerprint density at radius 1 is 1.03 bits per heavy atom. The van der Waals surface area contributed by atoms with E-state index in [1.54, 1.807) is 43.4 Å². The molecule has 2 amide bonds. The Bertz CT molecular complexity index is 1250. The first kappa shape index (κ1) is 17.6. The molecule has 3 heterocycles. The number of hydrogen-bond donors (Lipinski definition) is 0. The zero-order chi connectivity index (χ0) is 20.3. The number of nitrogens with zero attached hydrogens (tertiary/aromatic N) is 2. The Morgan fingerprint density at radius 2 is 1.76 bits per heavy atom. The molecule has 0 radical (unpaired) electrons. The van der Waals surface area contributed by atoms with Gasteiger partial charge >= 0.3 is 0 Å². The zero-order valence-electron chi connectivity index (χ0n) is 16.0. The number of carbonyl (C=O) groups is 2. The van der Waals surface area contributed by atoms with Crippen LogP contribution in [-0.2, 0) is 15.1 Å². The van der Waals surface area contributed by atoms with Gasteiger partial charge < -0.3 is 19.0 Å². The minimum Gasteiger partial charge on any atom is -0.450 e. The molecule has 5 rings (SSSR count). The molecular weight excluding hydrogens is 372 g/mol. The standard InChI is InChI=1S/C22H18N2O5/c1-23-15-9-5-4-8-14(15)22(21(23)27)17-18(25)13-7-3-6-10-16(13)29-19(17)20(26)24(22)11-12-28-2/h3-10H,11-12H2,1-2H3. The highest BCUT2D eigenvalue weighted by Gasteiger charge is 2.64. The van der Waals surface area contributed by atoms with Crippen molar-refractivity contribution in [2.45, 2.75) is 5.54 Å². The average Bonchev–Trinajstić information content (AvgIpc) is 3.12. The van der Waals surface area contributed by atoms with Gasteiger partial charge in [0.1, 0.15) is 5.58 Å². The molecule has 1 spiro atoms. The van der Waals surface area contributed by atoms with Gasteiger partial charge in [-0.3, -0.25) is 14.4 Å². The lowest BCUT2D eigenvalue weighted by atomic mass is 9.84. The maximum atomic E-state index is 13.7. The second kappa shape index (κ2) is 6.02. The number of anilines is 1. The predicted octanol–water partition coefficient (Wildman–Crippen LogP) is 2.12. The second-order valence-electron chi connectivity index (χ2n) is 7.17. The number of likely N-dealkylation sites (N-methyl/N-ethyl adjacent to an activating group) is 1. The van der Waals surface area contributed by atoms with E-state index in [9.17, 15) is 14.4 Å². The van der Waals surface area contributed by atoms with Crippen molar-refractivity contribution in [1.29, 1.82) is 0 Å². The summed E-state index contributed by atoms with van der Waals surface area (Å²) in [6, 6.07) is 14.0. The Labute approximate surface area is 166 Å². The normalized spacial score (nSPS) is 20.1. The van der Waals surface area contributed by atoms with Crippen LogP contribution in [0.5, 0.6) is 0 Å². The fraction of sp³-hybridized carbons (Fsp3) is 0.227. The molecule has 0 aliphatic carbocycles. The van der Waals surface area contributed by atoms with Gasteiger partial charge in [0.25, 0.3) is 11.8 Å². The number of rotatable bonds is 3. The van der Waals surface area contributed by atoms with Crippen LogP contribution in [0.2, 0.25) is 0 Å². The van der Waals surface area contributed by atoms with Gasteiger partial charge in [-0.1, -0.05) is 30.3 Å². The van der Waals surface area contributed by atoms with E-state index in [-0.39, 0.29) is 35.8 Å². The molecular formula is C22H18N2O5. The quantitative estimate of drug-likeness (QED) is 0.684. The summed E-state index contributed by atoms with van der Waals surface area (Å²) in [5, 5.41) is 0.340. The Kier molecular flexibility index (Phi) is 3.66. The molecule has 0 saturated carbocycles. The van der Waals surface area contributed by atoms with Crippen molar-refractivity contribution >= 4 is 28.5 Å². The Balaban J connectivity index is 1.93. The fourth-order valence-electron chi connectivity index (χ4n) is 4.52. The molecule has 0 saturated heterocycles. The lowest BCUT2D eigenvalue weighted by molar-refractivity contribution is -0.126. The van der Waals surface area contributed by atoms with E-state index < -0.39 is 11.4 Å². The molecule has 2 aliphatic rings. The molecule has 1 atom stereocenters. The van der Waals surface area contributed by atoms with Gasteiger partial charge in [0.05, 0.1) is 17.6 Å². The summed E-state index contributed by atoms with van der Waals surface area (Å²) in [5.74, 6) is -0.925. The third-order valence-corrected chi connectivity index (χ3v) is 5.79. The van der Waals surface area contributed by atoms with E-state index in [0.717, 1.165) is 0 Å². The van der Waals surface area contributed by atoms with Crippen molar-refractivity contribution < 1.29 is 18.7 Å². The molecule has 3 aromatic rings. The van der Waals surface area contributed by atoms with E-state index >= 15 is 0 Å². The van der Waals surface area contributed by atoms with Gasteiger partial charge in [-0.2, -0.15) is 0 Å². The van der Waals surface area contributed by atoms with Crippen LogP contribution in [0.1, 0.15) is 21.7 Å². The lowest BCUT2D eigenvalue weighted by Crippen LogP contribution is -2.53. The van der Waals surface area contributed by atoms with E-state index in [0.29, 0.717) is 22.2 Å². The SMILES string of the molecule is COCCN1C(=O)c2oc3ccccc3c(=O)c2C12C(=O)N(C)c1ccccc12. The first-order valence-electron chi connectivity index (χ1n) is 9.28. The molecule has 146 valence electrons. The molecule has 7 heteroatoms. The predicted molar refractivity (Wildman–Crippen MR) is 106 cm³/mol. The van der Waals surface area contributed by atoms with Gasteiger partial charge in [0.15, 0.2) is 11.0 Å². The highest BCUT2D eigenvalue weighted by Crippen LogP contribution is 2.51. The Hall–Kier alpha value is -3.45. The van der Waals surface area contributed by atoms with E-state index in [1.807, 2.05) is 12.1 Å². The van der Waals surface area contributed by atoms with Crippen LogP contribution in [0.15, 0.2) is 57.7 Å². The van der Waals surface area contributed by atoms with Gasteiger partial charge in [-0.05, 0) is 18.2 Å². The largest absolute Gasteiger partial charge is 0.450 e. The highest BCUT2D eigenvalue weighted by atomic mass is 16.5. The number of hydrogen-bond acceptors (Lipinski definition) is 5. The minimum atomic E-state index is -1.55. The molecule has 0 fully saturated rings. The summed E-state index contributed by atoms with van der Waals surface area (Å²) >= 11 is 0. The topological polar surface area (TPSA) is 80.1 Å². The lowest BCUT2D eigenvalue weighted by Gasteiger charge is -2.33. The average molecular weight is 390 g/mol. The third-order valence-electron chi connectivity index (χ3n) is 5.79. The number of amides is 2. The second-order valence-corrected chi connectivity index (χ2v) is 7.17. The van der Waals surface area contributed by atoms with Crippen LogP contribution in [0.3, 0.4) is 0 Å². The number of benzene rings is 2. The number of carbonyl (C=O) groups excluding carboxylic acids is 2. The molecule has 29 heavy (non-hydrogen) atoms. The van der Waals surface area contributed by atoms with Crippen molar-refractivity contribution in [3.63, 3.8) is 0 Å². The maximum Gasteiger partial charge on any atom is 0.291 e. The highest BCUT2D eigenvalue weighted by molar-refractivity contribution is 6.16. The number of para-hydroxylation sites is 2. The van der Waals surface area contributed by atoms with Gasteiger partial charge in [0.2, 0.25) is 5.76 Å². The monoisotopic (exact) mass is 390 g/mol. The van der Waals surface area contributed by atoms with Gasteiger partial charge in [0, 0.05) is 32.0 Å². The van der Waals surface area contributed by atoms with E-state index in [1.165, 1.54) is 16.9 Å². The van der Waals surface area contributed by atoms with Crippen molar-refractivity contribution in [2.75, 3.05) is 32.2 Å². The summed E-state index contributed by atoms with van der Waals surface area (Å²) in [5.41, 5.74) is -0.263. The third kappa shape index (κ3) is 2.02. The van der Waals surface area contributed by atoms with Gasteiger partial charge in [-0.15, -0.1) is 0 Å². The molecule has 1 unspecified atom stereocenters. The van der Waals surface area contributed by atoms with Crippen LogP contribution >= 0.6 is 0 Å². The van der Waals surface area contributed by atoms with Gasteiger partial charge in [-0.25, -0.2) is 0 Å². The van der Waals surface area contributed by atoms with E-state index in [2.05, 4.69) is 0 Å². The van der Waals surface area contributed by atoms with Crippen LogP contribution in [0.25, 0.3) is 11.0 Å². The summed E-state index contributed by atoms with van der Waals surface area (Å²) in [7, 11) is 3.17. The summed E-state index contributed by atoms with van der Waals surface area (Å²) < 4.78 is 11.1. The molecule has 0 bridgehead atoms. The van der Waals surface area contributed by atoms with Crippen molar-refractivity contribution in [2.24, 2.45) is 0 Å². The number of methoxy groups -OCH3 is 1. The smallest absolute Gasteiger partial charge is 0.291 e. The van der Waals surface area contributed by atoms with Crippen molar-refractivity contribution in [3.8, 4) is 0 Å². The molecule has 2 aliphatic heterocycles. The van der Waals surface area contributed by atoms with Crippen LogP contribution < -0.4 is 10.3 Å². The maximum absolute atomic E-state index is 13.7. The molecule has 1 aromatic heterocycles. The first-order chi connectivity index (χ1) is 14.0.